The van der Waals surface area contributed by atoms with E-state index < -0.39 is 0 Å². The van der Waals surface area contributed by atoms with Gasteiger partial charge in [-0.1, -0.05) is 22.0 Å². The summed E-state index contributed by atoms with van der Waals surface area (Å²) in [6.07, 6.45) is 0.646. The van der Waals surface area contributed by atoms with Gasteiger partial charge in [-0.3, -0.25) is 4.68 Å². The van der Waals surface area contributed by atoms with Gasteiger partial charge in [0.25, 0.3) is 0 Å². The van der Waals surface area contributed by atoms with E-state index in [-0.39, 0.29) is 6.61 Å². The number of aliphatic hydroxyl groups excluding tert-OH is 1. The first-order valence-corrected chi connectivity index (χ1v) is 5.82. The third-order valence-corrected chi connectivity index (χ3v) is 3.13. The van der Waals surface area contributed by atoms with Crippen molar-refractivity contribution >= 4 is 26.8 Å². The minimum atomic E-state index is 0.155. The zero-order valence-corrected chi connectivity index (χ0v) is 10.2. The molecule has 1 aromatic heterocycles. The molecule has 0 aliphatic carbocycles. The maximum atomic E-state index is 9.05. The average molecular weight is 269 g/mol. The van der Waals surface area contributed by atoms with Gasteiger partial charge in [0.1, 0.15) is 0 Å². The van der Waals surface area contributed by atoms with Crippen LogP contribution in [0.4, 0.5) is 0 Å². The minimum Gasteiger partial charge on any atom is -0.396 e. The second-order valence-corrected chi connectivity index (χ2v) is 4.22. The standard InChI is InChI=1S/C11H13BrN2O/c1-2-14-10(6-7-15)11-8(12)4-3-5-9(11)13-14/h3-5,15H,2,6-7H2,1H3. The van der Waals surface area contributed by atoms with Crippen molar-refractivity contribution in [1.29, 1.82) is 0 Å². The van der Waals surface area contributed by atoms with Gasteiger partial charge in [-0.15, -0.1) is 0 Å². The maximum Gasteiger partial charge on any atom is 0.0937 e. The van der Waals surface area contributed by atoms with E-state index in [1.807, 2.05) is 22.9 Å². The molecule has 0 bridgehead atoms. The highest BCUT2D eigenvalue weighted by Gasteiger charge is 2.11. The molecule has 1 heterocycles. The Balaban J connectivity index is 2.70. The van der Waals surface area contributed by atoms with E-state index in [2.05, 4.69) is 28.0 Å². The molecule has 0 atom stereocenters. The number of nitrogens with zero attached hydrogens (tertiary/aromatic N) is 2. The molecule has 0 unspecified atom stereocenters. The normalized spacial score (nSPS) is 11.1. The molecule has 0 saturated heterocycles. The Morgan fingerprint density at radius 1 is 1.47 bits per heavy atom. The molecule has 0 aliphatic heterocycles. The summed E-state index contributed by atoms with van der Waals surface area (Å²) < 4.78 is 2.99. The smallest absolute Gasteiger partial charge is 0.0937 e. The van der Waals surface area contributed by atoms with Gasteiger partial charge >= 0.3 is 0 Å². The predicted molar refractivity (Wildman–Crippen MR) is 63.9 cm³/mol. The van der Waals surface area contributed by atoms with Crippen molar-refractivity contribution in [3.63, 3.8) is 0 Å². The Morgan fingerprint density at radius 2 is 2.27 bits per heavy atom. The van der Waals surface area contributed by atoms with Gasteiger partial charge in [0.15, 0.2) is 0 Å². The summed E-state index contributed by atoms with van der Waals surface area (Å²) in [7, 11) is 0. The van der Waals surface area contributed by atoms with Crippen molar-refractivity contribution in [1.82, 2.24) is 9.78 Å². The van der Waals surface area contributed by atoms with Gasteiger partial charge in [0, 0.05) is 35.1 Å². The summed E-state index contributed by atoms with van der Waals surface area (Å²) in [6, 6.07) is 5.97. The van der Waals surface area contributed by atoms with E-state index in [0.717, 1.165) is 27.6 Å². The third-order valence-electron chi connectivity index (χ3n) is 2.47. The monoisotopic (exact) mass is 268 g/mol. The SMILES string of the molecule is CCn1nc2cccc(Br)c2c1CCO. The van der Waals surface area contributed by atoms with Crippen LogP contribution in [0.5, 0.6) is 0 Å². The number of fused-ring (bicyclic) bond motifs is 1. The Morgan fingerprint density at radius 3 is 2.93 bits per heavy atom. The molecular formula is C11H13BrN2O. The van der Waals surface area contributed by atoms with E-state index in [1.165, 1.54) is 0 Å². The van der Waals surface area contributed by atoms with E-state index in [9.17, 15) is 0 Å². The first-order chi connectivity index (χ1) is 7.27. The molecule has 2 aromatic rings. The average Bonchev–Trinajstić information content (AvgIpc) is 2.58. The number of hydrogen-bond donors (Lipinski definition) is 1. The summed E-state index contributed by atoms with van der Waals surface area (Å²) in [6.45, 7) is 3.04. The van der Waals surface area contributed by atoms with Crippen molar-refractivity contribution in [2.45, 2.75) is 19.9 Å². The fraction of sp³-hybridized carbons (Fsp3) is 0.364. The summed E-state index contributed by atoms with van der Waals surface area (Å²) in [4.78, 5) is 0. The number of halogens is 1. The topological polar surface area (TPSA) is 38.0 Å². The van der Waals surface area contributed by atoms with Gasteiger partial charge < -0.3 is 5.11 Å². The fourth-order valence-electron chi connectivity index (χ4n) is 1.82. The van der Waals surface area contributed by atoms with E-state index in [0.29, 0.717) is 6.42 Å². The van der Waals surface area contributed by atoms with E-state index >= 15 is 0 Å². The molecular weight excluding hydrogens is 256 g/mol. The first kappa shape index (κ1) is 10.6. The van der Waals surface area contributed by atoms with Crippen LogP contribution < -0.4 is 0 Å². The summed E-state index contributed by atoms with van der Waals surface area (Å²) in [5, 5.41) is 14.7. The van der Waals surface area contributed by atoms with Crippen LogP contribution in [-0.2, 0) is 13.0 Å². The molecule has 0 aliphatic rings. The molecule has 0 fully saturated rings. The highest BCUT2D eigenvalue weighted by atomic mass is 79.9. The molecule has 80 valence electrons. The van der Waals surface area contributed by atoms with Gasteiger partial charge in [-0.2, -0.15) is 5.10 Å². The van der Waals surface area contributed by atoms with Gasteiger partial charge in [0.2, 0.25) is 0 Å². The first-order valence-electron chi connectivity index (χ1n) is 5.02. The number of rotatable bonds is 3. The van der Waals surface area contributed by atoms with Crippen LogP contribution in [-0.4, -0.2) is 21.5 Å². The number of aromatic nitrogens is 2. The molecule has 2 rings (SSSR count). The van der Waals surface area contributed by atoms with Crippen molar-refractivity contribution in [3.8, 4) is 0 Å². The van der Waals surface area contributed by atoms with Crippen LogP contribution in [0.15, 0.2) is 22.7 Å². The van der Waals surface area contributed by atoms with Crippen LogP contribution in [0.25, 0.3) is 10.9 Å². The van der Waals surface area contributed by atoms with Gasteiger partial charge in [0.05, 0.1) is 5.52 Å². The zero-order valence-electron chi connectivity index (χ0n) is 8.57. The summed E-state index contributed by atoms with van der Waals surface area (Å²) in [5.74, 6) is 0. The molecule has 0 amide bonds. The predicted octanol–water partition coefficient (Wildman–Crippen LogP) is 2.35. The van der Waals surface area contributed by atoms with Crippen LogP contribution in [0.1, 0.15) is 12.6 Å². The molecule has 1 N–H and O–H groups in total. The largest absolute Gasteiger partial charge is 0.396 e. The zero-order chi connectivity index (χ0) is 10.8. The third kappa shape index (κ3) is 1.79. The Bertz CT molecular complexity index is 479. The molecule has 4 heteroatoms. The van der Waals surface area contributed by atoms with Crippen molar-refractivity contribution in [3.05, 3.63) is 28.4 Å². The quantitative estimate of drug-likeness (QED) is 0.928. The second-order valence-electron chi connectivity index (χ2n) is 3.37. The van der Waals surface area contributed by atoms with Crippen molar-refractivity contribution in [2.24, 2.45) is 0 Å². The van der Waals surface area contributed by atoms with Crippen molar-refractivity contribution in [2.75, 3.05) is 6.61 Å². The molecule has 0 radical (unpaired) electrons. The van der Waals surface area contributed by atoms with Gasteiger partial charge in [-0.25, -0.2) is 0 Å². The van der Waals surface area contributed by atoms with Crippen LogP contribution in [0, 0.1) is 0 Å². The molecule has 0 saturated carbocycles. The molecule has 0 spiro atoms. The Labute approximate surface area is 96.8 Å². The minimum absolute atomic E-state index is 0.155. The molecule has 1 aromatic carbocycles. The lowest BCUT2D eigenvalue weighted by Crippen LogP contribution is -2.04. The van der Waals surface area contributed by atoms with Gasteiger partial charge in [-0.05, 0) is 19.1 Å². The summed E-state index contributed by atoms with van der Waals surface area (Å²) >= 11 is 3.53. The molecule has 15 heavy (non-hydrogen) atoms. The number of aryl methyl sites for hydroxylation is 1. The van der Waals surface area contributed by atoms with Crippen molar-refractivity contribution < 1.29 is 5.11 Å². The highest BCUT2D eigenvalue weighted by molar-refractivity contribution is 9.10. The lowest BCUT2D eigenvalue weighted by molar-refractivity contribution is 0.296. The van der Waals surface area contributed by atoms with E-state index in [1.54, 1.807) is 0 Å². The van der Waals surface area contributed by atoms with Crippen LogP contribution >= 0.6 is 15.9 Å². The number of hydrogen-bond acceptors (Lipinski definition) is 2. The van der Waals surface area contributed by atoms with Crippen LogP contribution in [0.3, 0.4) is 0 Å². The highest BCUT2D eigenvalue weighted by Crippen LogP contribution is 2.27. The maximum absolute atomic E-state index is 9.05. The Kier molecular flexibility index (Phi) is 3.07. The van der Waals surface area contributed by atoms with E-state index in [4.69, 9.17) is 5.11 Å². The number of aliphatic hydroxyl groups is 1. The lowest BCUT2D eigenvalue weighted by Gasteiger charge is -2.03. The lowest BCUT2D eigenvalue weighted by atomic mass is 10.2. The number of benzene rings is 1. The fourth-order valence-corrected chi connectivity index (χ4v) is 2.41. The summed E-state index contributed by atoms with van der Waals surface area (Å²) in [5.41, 5.74) is 2.08. The molecule has 3 nitrogen and oxygen atoms in total. The Hall–Kier alpha value is -0.870. The van der Waals surface area contributed by atoms with Crippen LogP contribution in [0.2, 0.25) is 0 Å². The second kappa shape index (κ2) is 4.33.